The minimum atomic E-state index is -3.48. The van der Waals surface area contributed by atoms with Gasteiger partial charge >= 0.3 is 0 Å². The molecule has 2 unspecified atom stereocenters. The molecule has 2 aliphatic rings. The summed E-state index contributed by atoms with van der Waals surface area (Å²) in [5.74, 6) is 0.208. The molecular weight excluding hydrogens is 490 g/mol. The highest BCUT2D eigenvalue weighted by Gasteiger charge is 2.46. The third kappa shape index (κ3) is 5.16. The molecule has 0 amide bonds. The van der Waals surface area contributed by atoms with E-state index in [1.165, 1.54) is 0 Å². The summed E-state index contributed by atoms with van der Waals surface area (Å²) in [4.78, 5) is 0.385. The van der Waals surface area contributed by atoms with Gasteiger partial charge in [0.2, 0.25) is 10.0 Å². The summed E-state index contributed by atoms with van der Waals surface area (Å²) in [7, 11) is -3.48. The van der Waals surface area contributed by atoms with Crippen molar-refractivity contribution in [1.82, 2.24) is 9.62 Å². The second kappa shape index (κ2) is 11.4. The summed E-state index contributed by atoms with van der Waals surface area (Å²) in [6.07, 6.45) is 5.52. The zero-order valence-electron chi connectivity index (χ0n) is 22.1. The van der Waals surface area contributed by atoms with Crippen molar-refractivity contribution in [1.29, 1.82) is 5.26 Å². The number of nitrogens with zero attached hydrogens (tertiary/aromatic N) is 2. The zero-order chi connectivity index (χ0) is 26.6. The van der Waals surface area contributed by atoms with E-state index < -0.39 is 15.4 Å². The summed E-state index contributed by atoms with van der Waals surface area (Å²) >= 11 is 0. The molecule has 5 rings (SSSR count). The van der Waals surface area contributed by atoms with E-state index in [-0.39, 0.29) is 12.0 Å². The van der Waals surface area contributed by atoms with Crippen molar-refractivity contribution < 1.29 is 8.42 Å². The maximum Gasteiger partial charge on any atom is 0.243 e. The van der Waals surface area contributed by atoms with E-state index in [1.807, 2.05) is 55.5 Å². The Kier molecular flexibility index (Phi) is 7.99. The normalized spacial score (nSPS) is 22.4. The van der Waals surface area contributed by atoms with Crippen LogP contribution in [0.3, 0.4) is 0 Å². The minimum absolute atomic E-state index is 0.0258. The molecule has 0 spiro atoms. The van der Waals surface area contributed by atoms with E-state index in [0.717, 1.165) is 61.8 Å². The molecule has 198 valence electrons. The highest BCUT2D eigenvalue weighted by molar-refractivity contribution is 7.89. The van der Waals surface area contributed by atoms with Crippen molar-refractivity contribution in [3.8, 4) is 6.07 Å². The Morgan fingerprint density at radius 3 is 2.16 bits per heavy atom. The Morgan fingerprint density at radius 2 is 1.55 bits per heavy atom. The first-order valence-electron chi connectivity index (χ1n) is 13.8. The molecule has 1 aliphatic carbocycles. The summed E-state index contributed by atoms with van der Waals surface area (Å²) < 4.78 is 28.3. The van der Waals surface area contributed by atoms with E-state index in [9.17, 15) is 13.7 Å². The standard InChI is InChI=1S/C32H37N3O2S/c1-25-14-18-31(19-15-25)38(36,37)35-22-8-13-30(35)20-21-34-29-17-16-28(23-29)32(24-33,26-9-4-2-5-10-26)27-11-6-3-7-12-27/h2-7,9-12,14-15,18-19,28-30,34H,8,13,16-17,20-23H2,1H3/t28?,29?,30-/m1/s1. The van der Waals surface area contributed by atoms with Crippen molar-refractivity contribution >= 4 is 10.0 Å². The third-order valence-electron chi connectivity index (χ3n) is 8.54. The van der Waals surface area contributed by atoms with Gasteiger partial charge in [0.25, 0.3) is 0 Å². The number of sulfonamides is 1. The van der Waals surface area contributed by atoms with Gasteiger partial charge in [0, 0.05) is 18.6 Å². The minimum Gasteiger partial charge on any atom is -0.314 e. The van der Waals surface area contributed by atoms with Crippen molar-refractivity contribution in [3.05, 3.63) is 102 Å². The summed E-state index contributed by atoms with van der Waals surface area (Å²) in [6.45, 7) is 3.33. The monoisotopic (exact) mass is 527 g/mol. The van der Waals surface area contributed by atoms with E-state index in [4.69, 9.17) is 0 Å². The molecule has 3 atom stereocenters. The maximum absolute atomic E-state index is 13.3. The van der Waals surface area contributed by atoms with E-state index in [0.29, 0.717) is 17.5 Å². The predicted molar refractivity (Wildman–Crippen MR) is 151 cm³/mol. The maximum atomic E-state index is 13.3. The van der Waals surface area contributed by atoms with Crippen LogP contribution in [-0.2, 0) is 15.4 Å². The van der Waals surface area contributed by atoms with Crippen molar-refractivity contribution in [2.75, 3.05) is 13.1 Å². The lowest BCUT2D eigenvalue weighted by Gasteiger charge is -2.34. The highest BCUT2D eigenvalue weighted by Crippen LogP contribution is 2.46. The van der Waals surface area contributed by atoms with Gasteiger partial charge < -0.3 is 5.32 Å². The molecule has 1 saturated carbocycles. The van der Waals surface area contributed by atoms with E-state index in [2.05, 4.69) is 35.7 Å². The smallest absolute Gasteiger partial charge is 0.243 e. The molecule has 1 N–H and O–H groups in total. The number of hydrogen-bond acceptors (Lipinski definition) is 4. The van der Waals surface area contributed by atoms with Crippen LogP contribution in [0.25, 0.3) is 0 Å². The van der Waals surface area contributed by atoms with Crippen LogP contribution in [0.1, 0.15) is 55.2 Å². The largest absolute Gasteiger partial charge is 0.314 e. The number of aryl methyl sites for hydroxylation is 1. The van der Waals surface area contributed by atoms with Gasteiger partial charge in [-0.2, -0.15) is 9.57 Å². The Balaban J connectivity index is 1.24. The molecule has 2 fully saturated rings. The molecule has 3 aromatic rings. The summed E-state index contributed by atoms with van der Waals surface area (Å²) in [5, 5.41) is 14.4. The van der Waals surface area contributed by atoms with Gasteiger partial charge in [0.15, 0.2) is 0 Å². The Hall–Kier alpha value is -2.98. The number of hydrogen-bond donors (Lipinski definition) is 1. The van der Waals surface area contributed by atoms with Gasteiger partial charge in [-0.15, -0.1) is 0 Å². The van der Waals surface area contributed by atoms with Gasteiger partial charge in [-0.25, -0.2) is 8.42 Å². The number of nitriles is 1. The molecule has 1 heterocycles. The van der Waals surface area contributed by atoms with Gasteiger partial charge in [-0.05, 0) is 81.2 Å². The van der Waals surface area contributed by atoms with Crippen LogP contribution in [0.5, 0.6) is 0 Å². The van der Waals surface area contributed by atoms with Crippen LogP contribution in [0, 0.1) is 24.2 Å². The first kappa shape index (κ1) is 26.6. The number of nitrogens with one attached hydrogen (secondary N) is 1. The zero-order valence-corrected chi connectivity index (χ0v) is 22.9. The quantitative estimate of drug-likeness (QED) is 0.381. The van der Waals surface area contributed by atoms with Crippen LogP contribution in [0.15, 0.2) is 89.8 Å². The van der Waals surface area contributed by atoms with Gasteiger partial charge in [-0.1, -0.05) is 78.4 Å². The molecule has 3 aromatic carbocycles. The lowest BCUT2D eigenvalue weighted by atomic mass is 9.66. The summed E-state index contributed by atoms with van der Waals surface area (Å²) in [6, 6.07) is 30.7. The average Bonchev–Trinajstić information content (AvgIpc) is 3.62. The third-order valence-corrected chi connectivity index (χ3v) is 10.5. The first-order valence-corrected chi connectivity index (χ1v) is 15.2. The molecule has 5 nitrogen and oxygen atoms in total. The SMILES string of the molecule is Cc1ccc(S(=O)(=O)N2CCC[C@@H]2CCNC2CCC(C(C#N)(c3ccccc3)c3ccccc3)C2)cc1. The number of rotatable bonds is 9. The highest BCUT2D eigenvalue weighted by atomic mass is 32.2. The Labute approximate surface area is 227 Å². The molecule has 38 heavy (non-hydrogen) atoms. The fourth-order valence-electron chi connectivity index (χ4n) is 6.53. The fraction of sp³-hybridized carbons (Fsp3) is 0.406. The lowest BCUT2D eigenvalue weighted by molar-refractivity contribution is 0.351. The molecule has 0 radical (unpaired) electrons. The molecule has 0 bridgehead atoms. The van der Waals surface area contributed by atoms with Crippen LogP contribution < -0.4 is 5.32 Å². The summed E-state index contributed by atoms with van der Waals surface area (Å²) in [5.41, 5.74) is 2.49. The number of benzene rings is 3. The molecule has 6 heteroatoms. The van der Waals surface area contributed by atoms with Crippen LogP contribution in [0.2, 0.25) is 0 Å². The molecular formula is C32H37N3O2S. The Bertz CT molecular complexity index is 1310. The van der Waals surface area contributed by atoms with Crippen molar-refractivity contribution in [2.24, 2.45) is 5.92 Å². The predicted octanol–water partition coefficient (Wildman–Crippen LogP) is 5.81. The average molecular weight is 528 g/mol. The van der Waals surface area contributed by atoms with Crippen LogP contribution >= 0.6 is 0 Å². The molecule has 1 aliphatic heterocycles. The lowest BCUT2D eigenvalue weighted by Crippen LogP contribution is -2.39. The van der Waals surface area contributed by atoms with Crippen molar-refractivity contribution in [3.63, 3.8) is 0 Å². The van der Waals surface area contributed by atoms with Gasteiger partial charge in [-0.3, -0.25) is 0 Å². The Morgan fingerprint density at radius 1 is 0.921 bits per heavy atom. The van der Waals surface area contributed by atoms with E-state index >= 15 is 0 Å². The van der Waals surface area contributed by atoms with Gasteiger partial charge in [0.05, 0.1) is 11.0 Å². The van der Waals surface area contributed by atoms with Crippen LogP contribution in [0.4, 0.5) is 0 Å². The van der Waals surface area contributed by atoms with E-state index in [1.54, 1.807) is 16.4 Å². The van der Waals surface area contributed by atoms with Crippen LogP contribution in [-0.4, -0.2) is 37.9 Å². The van der Waals surface area contributed by atoms with Crippen molar-refractivity contribution in [2.45, 2.75) is 67.8 Å². The fourth-order valence-corrected chi connectivity index (χ4v) is 8.26. The molecule has 0 aromatic heterocycles. The second-order valence-electron chi connectivity index (χ2n) is 10.8. The molecule has 1 saturated heterocycles. The topological polar surface area (TPSA) is 73.2 Å². The second-order valence-corrected chi connectivity index (χ2v) is 12.7. The van der Waals surface area contributed by atoms with Gasteiger partial charge in [0.1, 0.15) is 5.41 Å². The first-order chi connectivity index (χ1) is 18.4.